The lowest BCUT2D eigenvalue weighted by Crippen LogP contribution is -2.31. The van der Waals surface area contributed by atoms with E-state index in [0.717, 1.165) is 29.5 Å². The van der Waals surface area contributed by atoms with Crippen molar-refractivity contribution < 1.29 is 8.78 Å². The Bertz CT molecular complexity index is 671. The van der Waals surface area contributed by atoms with E-state index >= 15 is 0 Å². The lowest BCUT2D eigenvalue weighted by Gasteiger charge is -2.25. The standard InChI is InChI=1S/C15H16F2N2/c16-12-5-9-4-10(18)6-19-7-11(8-2-1-3-8)13(14(12)17)15(9)19/h5,7-8,10H,1-4,6,18H2. The van der Waals surface area contributed by atoms with Gasteiger partial charge in [0.05, 0.1) is 5.52 Å². The van der Waals surface area contributed by atoms with Crippen LogP contribution in [0.2, 0.25) is 0 Å². The minimum absolute atomic E-state index is 0.0119. The van der Waals surface area contributed by atoms with E-state index in [2.05, 4.69) is 0 Å². The van der Waals surface area contributed by atoms with Crippen LogP contribution in [0.1, 0.15) is 36.3 Å². The van der Waals surface area contributed by atoms with Crippen molar-refractivity contribution in [3.05, 3.63) is 35.0 Å². The van der Waals surface area contributed by atoms with E-state index in [-0.39, 0.29) is 6.04 Å². The molecule has 1 saturated carbocycles. The number of hydrogen-bond donors (Lipinski definition) is 1. The van der Waals surface area contributed by atoms with Crippen LogP contribution in [0.15, 0.2) is 12.3 Å². The predicted octanol–water partition coefficient (Wildman–Crippen LogP) is 3.07. The van der Waals surface area contributed by atoms with Crippen molar-refractivity contribution in [1.29, 1.82) is 0 Å². The topological polar surface area (TPSA) is 30.9 Å². The fraction of sp³-hybridized carbons (Fsp3) is 0.467. The number of nitrogens with two attached hydrogens (primary N) is 1. The number of nitrogens with zero attached hydrogens (tertiary/aromatic N) is 1. The summed E-state index contributed by atoms with van der Waals surface area (Å²) in [6.45, 7) is 0.696. The number of hydrogen-bond acceptors (Lipinski definition) is 1. The first-order valence-corrected chi connectivity index (χ1v) is 6.90. The predicted molar refractivity (Wildman–Crippen MR) is 70.1 cm³/mol. The van der Waals surface area contributed by atoms with Crippen molar-refractivity contribution in [1.82, 2.24) is 4.57 Å². The SMILES string of the molecule is NC1Cc2cc(F)c(F)c3c(C4CCC4)cn(c23)C1. The highest BCUT2D eigenvalue weighted by molar-refractivity contribution is 5.89. The fourth-order valence-corrected chi connectivity index (χ4v) is 3.49. The molecule has 0 spiro atoms. The first-order chi connectivity index (χ1) is 9.15. The van der Waals surface area contributed by atoms with Gasteiger partial charge in [0.15, 0.2) is 11.6 Å². The van der Waals surface area contributed by atoms with Crippen LogP contribution in [-0.4, -0.2) is 10.6 Å². The van der Waals surface area contributed by atoms with E-state index in [1.807, 2.05) is 10.8 Å². The monoisotopic (exact) mass is 262 g/mol. The maximum Gasteiger partial charge on any atom is 0.168 e. The van der Waals surface area contributed by atoms with Crippen LogP contribution >= 0.6 is 0 Å². The molecule has 1 aliphatic carbocycles. The number of halogens is 2. The summed E-state index contributed by atoms with van der Waals surface area (Å²) >= 11 is 0. The van der Waals surface area contributed by atoms with Gasteiger partial charge in [-0.1, -0.05) is 6.42 Å². The molecule has 0 saturated heterocycles. The molecule has 1 atom stereocenters. The Morgan fingerprint density at radius 2 is 2.05 bits per heavy atom. The molecular formula is C15H16F2N2. The third-order valence-corrected chi connectivity index (χ3v) is 4.60. The highest BCUT2D eigenvalue weighted by Gasteiger charge is 2.30. The summed E-state index contributed by atoms with van der Waals surface area (Å²) in [4.78, 5) is 0. The Morgan fingerprint density at radius 1 is 1.26 bits per heavy atom. The summed E-state index contributed by atoms with van der Waals surface area (Å²) < 4.78 is 30.0. The van der Waals surface area contributed by atoms with E-state index in [1.165, 1.54) is 12.5 Å². The molecule has 1 aromatic carbocycles. The molecule has 2 heterocycles. The van der Waals surface area contributed by atoms with Crippen LogP contribution in [0.25, 0.3) is 10.9 Å². The summed E-state index contributed by atoms with van der Waals surface area (Å²) in [7, 11) is 0. The fourth-order valence-electron chi connectivity index (χ4n) is 3.49. The Morgan fingerprint density at radius 3 is 2.74 bits per heavy atom. The van der Waals surface area contributed by atoms with Crippen LogP contribution in [0.4, 0.5) is 8.78 Å². The molecule has 19 heavy (non-hydrogen) atoms. The quantitative estimate of drug-likeness (QED) is 0.841. The molecule has 1 fully saturated rings. The van der Waals surface area contributed by atoms with Crippen molar-refractivity contribution in [2.24, 2.45) is 5.73 Å². The summed E-state index contributed by atoms with van der Waals surface area (Å²) in [6.07, 6.45) is 5.97. The molecule has 2 aliphatic rings. The molecule has 2 N–H and O–H groups in total. The first kappa shape index (κ1) is 11.4. The average molecular weight is 262 g/mol. The van der Waals surface area contributed by atoms with Crippen molar-refractivity contribution in [3.8, 4) is 0 Å². The number of benzene rings is 1. The van der Waals surface area contributed by atoms with Crippen LogP contribution < -0.4 is 5.73 Å². The molecule has 0 radical (unpaired) electrons. The molecule has 2 nitrogen and oxygen atoms in total. The van der Waals surface area contributed by atoms with Crippen molar-refractivity contribution in [2.45, 2.75) is 44.2 Å². The number of aromatic nitrogens is 1. The maximum atomic E-state index is 14.2. The number of rotatable bonds is 1. The second-order valence-electron chi connectivity index (χ2n) is 5.88. The van der Waals surface area contributed by atoms with Gasteiger partial charge in [0.25, 0.3) is 0 Å². The van der Waals surface area contributed by atoms with E-state index in [0.29, 0.717) is 24.3 Å². The van der Waals surface area contributed by atoms with E-state index in [9.17, 15) is 8.78 Å². The highest BCUT2D eigenvalue weighted by atomic mass is 19.2. The van der Waals surface area contributed by atoms with Crippen molar-refractivity contribution in [2.75, 3.05) is 0 Å². The van der Waals surface area contributed by atoms with Crippen molar-refractivity contribution >= 4 is 10.9 Å². The normalized spacial score (nSPS) is 22.8. The van der Waals surface area contributed by atoms with Gasteiger partial charge in [0, 0.05) is 24.2 Å². The maximum absolute atomic E-state index is 14.2. The molecule has 1 unspecified atom stereocenters. The van der Waals surface area contributed by atoms with Gasteiger partial charge < -0.3 is 10.3 Å². The van der Waals surface area contributed by atoms with E-state index < -0.39 is 11.6 Å². The Kier molecular flexibility index (Phi) is 2.28. The Hall–Kier alpha value is -1.42. The highest BCUT2D eigenvalue weighted by Crippen LogP contribution is 2.43. The lowest BCUT2D eigenvalue weighted by molar-refractivity contribution is 0.419. The third kappa shape index (κ3) is 1.49. The summed E-state index contributed by atoms with van der Waals surface area (Å²) in [5.74, 6) is -1.04. The average Bonchev–Trinajstić information content (AvgIpc) is 2.63. The smallest absolute Gasteiger partial charge is 0.168 e. The van der Waals surface area contributed by atoms with Crippen LogP contribution in [0, 0.1) is 11.6 Å². The van der Waals surface area contributed by atoms with Crippen LogP contribution in [0.3, 0.4) is 0 Å². The van der Waals surface area contributed by atoms with Crippen LogP contribution in [0.5, 0.6) is 0 Å². The summed E-state index contributed by atoms with van der Waals surface area (Å²) in [5.41, 5.74) is 8.70. The zero-order chi connectivity index (χ0) is 13.1. The zero-order valence-electron chi connectivity index (χ0n) is 10.6. The molecule has 2 aromatic rings. The van der Waals surface area contributed by atoms with Gasteiger partial charge in [-0.05, 0) is 42.4 Å². The van der Waals surface area contributed by atoms with Gasteiger partial charge in [0.2, 0.25) is 0 Å². The second-order valence-corrected chi connectivity index (χ2v) is 5.88. The molecule has 1 aromatic heterocycles. The van der Waals surface area contributed by atoms with Crippen molar-refractivity contribution in [3.63, 3.8) is 0 Å². The minimum atomic E-state index is -0.741. The van der Waals surface area contributed by atoms with E-state index in [4.69, 9.17) is 5.73 Å². The lowest BCUT2D eigenvalue weighted by atomic mass is 9.80. The van der Waals surface area contributed by atoms with Gasteiger partial charge in [-0.15, -0.1) is 0 Å². The molecular weight excluding hydrogens is 246 g/mol. The zero-order valence-corrected chi connectivity index (χ0v) is 10.6. The van der Waals surface area contributed by atoms with Gasteiger partial charge in [-0.25, -0.2) is 8.78 Å². The molecule has 100 valence electrons. The van der Waals surface area contributed by atoms with Gasteiger partial charge in [-0.2, -0.15) is 0 Å². The molecule has 0 amide bonds. The third-order valence-electron chi connectivity index (χ3n) is 4.60. The van der Waals surface area contributed by atoms with Gasteiger partial charge in [-0.3, -0.25) is 0 Å². The molecule has 0 bridgehead atoms. The second kappa shape index (κ2) is 3.79. The van der Waals surface area contributed by atoms with Gasteiger partial charge >= 0.3 is 0 Å². The Labute approximate surface area is 110 Å². The minimum Gasteiger partial charge on any atom is -0.345 e. The largest absolute Gasteiger partial charge is 0.345 e. The summed E-state index contributed by atoms with van der Waals surface area (Å²) in [5, 5.41) is 0.506. The molecule has 1 aliphatic heterocycles. The molecule has 4 rings (SSSR count). The first-order valence-electron chi connectivity index (χ1n) is 6.90. The van der Waals surface area contributed by atoms with Gasteiger partial charge in [0.1, 0.15) is 0 Å². The summed E-state index contributed by atoms with van der Waals surface area (Å²) in [6, 6.07) is 1.31. The Balaban J connectivity index is 2.05. The van der Waals surface area contributed by atoms with Crippen LogP contribution in [-0.2, 0) is 13.0 Å². The van der Waals surface area contributed by atoms with E-state index in [1.54, 1.807) is 0 Å². The molecule has 4 heteroatoms.